The van der Waals surface area contributed by atoms with E-state index in [2.05, 4.69) is 5.32 Å². The summed E-state index contributed by atoms with van der Waals surface area (Å²) in [5, 5.41) is 6.58. The maximum Gasteiger partial charge on any atom is 0.246 e. The third kappa shape index (κ3) is 3.92. The van der Waals surface area contributed by atoms with Crippen LogP contribution in [0.4, 0.5) is 11.4 Å². The lowest BCUT2D eigenvalue weighted by molar-refractivity contribution is -0.117. The Morgan fingerprint density at radius 1 is 0.964 bits per heavy atom. The van der Waals surface area contributed by atoms with Crippen LogP contribution in [0.3, 0.4) is 0 Å². The van der Waals surface area contributed by atoms with Gasteiger partial charge in [-0.2, -0.15) is 0 Å². The molecule has 6 heteroatoms. The highest BCUT2D eigenvalue weighted by molar-refractivity contribution is 7.94. The van der Waals surface area contributed by atoms with Crippen molar-refractivity contribution in [1.82, 2.24) is 0 Å². The summed E-state index contributed by atoms with van der Waals surface area (Å²) < 4.78 is 23.7. The third-order valence-corrected chi connectivity index (χ3v) is 6.12. The predicted molar refractivity (Wildman–Crippen MR) is 113 cm³/mol. The van der Waals surface area contributed by atoms with Crippen molar-refractivity contribution in [3.63, 3.8) is 0 Å². The molecule has 0 radical (unpaired) electrons. The molecule has 1 N–H and O–H groups in total. The molecule has 5 nitrogen and oxygen atoms in total. The van der Waals surface area contributed by atoms with Crippen LogP contribution in [-0.4, -0.2) is 32.7 Å². The number of carbonyl (C=O) groups is 1. The van der Waals surface area contributed by atoms with E-state index >= 15 is 0 Å². The molecule has 1 aliphatic rings. The Labute approximate surface area is 164 Å². The highest BCUT2D eigenvalue weighted by atomic mass is 32.2. The maximum atomic E-state index is 13.0. The van der Waals surface area contributed by atoms with Crippen LogP contribution in [0.25, 0.3) is 10.8 Å². The molecule has 3 aromatic rings. The summed E-state index contributed by atoms with van der Waals surface area (Å²) in [5.41, 5.74) is 1.52. The minimum Gasteiger partial charge on any atom is -0.376 e. The van der Waals surface area contributed by atoms with Gasteiger partial charge in [0.2, 0.25) is 5.91 Å². The summed E-state index contributed by atoms with van der Waals surface area (Å²) in [7, 11) is -3.27. The second-order valence-electron chi connectivity index (χ2n) is 6.74. The summed E-state index contributed by atoms with van der Waals surface area (Å²) >= 11 is 0. The number of hydrogen-bond donors (Lipinski definition) is 1. The van der Waals surface area contributed by atoms with Gasteiger partial charge in [-0.1, -0.05) is 48.5 Å². The second kappa shape index (κ2) is 7.48. The Morgan fingerprint density at radius 3 is 2.39 bits per heavy atom. The first-order chi connectivity index (χ1) is 13.5. The molecule has 1 aliphatic heterocycles. The van der Waals surface area contributed by atoms with Crippen molar-refractivity contribution in [3.8, 4) is 0 Å². The highest BCUT2D eigenvalue weighted by Crippen LogP contribution is 2.23. The molecular formula is C22H20N2O3S. The van der Waals surface area contributed by atoms with Crippen LogP contribution >= 0.6 is 0 Å². The molecule has 0 saturated heterocycles. The fourth-order valence-corrected chi connectivity index (χ4v) is 4.66. The van der Waals surface area contributed by atoms with Crippen LogP contribution in [0.15, 0.2) is 84.3 Å². The van der Waals surface area contributed by atoms with Crippen LogP contribution < -0.4 is 10.2 Å². The lowest BCUT2D eigenvalue weighted by Crippen LogP contribution is -2.44. The van der Waals surface area contributed by atoms with E-state index in [9.17, 15) is 13.2 Å². The van der Waals surface area contributed by atoms with Crippen LogP contribution in [0.1, 0.15) is 0 Å². The van der Waals surface area contributed by atoms with Crippen molar-refractivity contribution < 1.29 is 13.2 Å². The zero-order chi connectivity index (χ0) is 19.6. The zero-order valence-electron chi connectivity index (χ0n) is 15.2. The van der Waals surface area contributed by atoms with Crippen LogP contribution in [0.2, 0.25) is 0 Å². The van der Waals surface area contributed by atoms with Crippen molar-refractivity contribution in [2.75, 3.05) is 22.5 Å². The quantitative estimate of drug-likeness (QED) is 0.721. The molecule has 0 saturated carbocycles. The van der Waals surface area contributed by atoms with E-state index in [1.807, 2.05) is 72.8 Å². The number of amides is 1. The minimum absolute atomic E-state index is 0.0671. The number of fused-ring (bicyclic) bond motifs is 1. The number of sulfone groups is 1. The number of rotatable bonds is 5. The first kappa shape index (κ1) is 18.3. The first-order valence-corrected chi connectivity index (χ1v) is 10.7. The largest absolute Gasteiger partial charge is 0.376 e. The van der Waals surface area contributed by atoms with E-state index in [1.54, 1.807) is 11.0 Å². The van der Waals surface area contributed by atoms with Gasteiger partial charge < -0.3 is 10.2 Å². The van der Waals surface area contributed by atoms with Crippen LogP contribution in [0.5, 0.6) is 0 Å². The molecule has 4 rings (SSSR count). The number of carbonyl (C=O) groups excluding carboxylic acids is 1. The van der Waals surface area contributed by atoms with E-state index < -0.39 is 15.9 Å². The topological polar surface area (TPSA) is 66.5 Å². The van der Waals surface area contributed by atoms with Crippen LogP contribution in [-0.2, 0) is 14.6 Å². The van der Waals surface area contributed by atoms with Gasteiger partial charge in [0, 0.05) is 16.8 Å². The Morgan fingerprint density at radius 2 is 1.68 bits per heavy atom. The average Bonchev–Trinajstić information content (AvgIpc) is 3.06. The summed E-state index contributed by atoms with van der Waals surface area (Å²) in [6.45, 7) is 0.0671. The Bertz CT molecular complexity index is 1140. The average molecular weight is 392 g/mol. The van der Waals surface area contributed by atoms with Crippen molar-refractivity contribution in [1.29, 1.82) is 0 Å². The lowest BCUT2D eigenvalue weighted by atomic mass is 10.1. The van der Waals surface area contributed by atoms with Gasteiger partial charge in [0.15, 0.2) is 9.84 Å². The normalized spacial score (nSPS) is 17.5. The van der Waals surface area contributed by atoms with E-state index in [0.717, 1.165) is 16.5 Å². The molecule has 0 aliphatic carbocycles. The van der Waals surface area contributed by atoms with Crippen molar-refractivity contribution >= 4 is 37.9 Å². The molecule has 28 heavy (non-hydrogen) atoms. The predicted octanol–water partition coefficient (Wildman–Crippen LogP) is 3.60. The van der Waals surface area contributed by atoms with Crippen molar-refractivity contribution in [3.05, 3.63) is 84.3 Å². The van der Waals surface area contributed by atoms with Crippen molar-refractivity contribution in [2.45, 2.75) is 6.04 Å². The van der Waals surface area contributed by atoms with Gasteiger partial charge in [-0.25, -0.2) is 8.42 Å². The molecular weight excluding hydrogens is 372 g/mol. The SMILES string of the molecule is O=C(CNc1ccc2ccccc2c1)N(c1ccccc1)[C@H]1C=CS(=O)(=O)C1. The lowest BCUT2D eigenvalue weighted by Gasteiger charge is -2.28. The van der Waals surface area contributed by atoms with Gasteiger partial charge in [0.25, 0.3) is 0 Å². The van der Waals surface area contributed by atoms with Gasteiger partial charge in [-0.05, 0) is 41.1 Å². The number of hydrogen-bond acceptors (Lipinski definition) is 4. The van der Waals surface area contributed by atoms with E-state index in [1.165, 1.54) is 5.41 Å². The van der Waals surface area contributed by atoms with Gasteiger partial charge in [0.05, 0.1) is 18.3 Å². The number of nitrogens with one attached hydrogen (secondary N) is 1. The fraction of sp³-hybridized carbons (Fsp3) is 0.136. The smallest absolute Gasteiger partial charge is 0.246 e. The first-order valence-electron chi connectivity index (χ1n) is 9.03. The second-order valence-corrected chi connectivity index (χ2v) is 8.67. The molecule has 1 amide bonds. The summed E-state index contributed by atoms with van der Waals surface area (Å²) in [6, 6.07) is 22.6. The molecule has 1 heterocycles. The molecule has 142 valence electrons. The molecule has 1 atom stereocenters. The summed E-state index contributed by atoms with van der Waals surface area (Å²) in [4.78, 5) is 14.6. The van der Waals surface area contributed by atoms with Crippen LogP contribution in [0, 0.1) is 0 Å². The van der Waals surface area contributed by atoms with Crippen molar-refractivity contribution in [2.24, 2.45) is 0 Å². The van der Waals surface area contributed by atoms with E-state index in [-0.39, 0.29) is 18.2 Å². The summed E-state index contributed by atoms with van der Waals surface area (Å²) in [6.07, 6.45) is 1.58. The van der Waals surface area contributed by atoms with Gasteiger partial charge >= 0.3 is 0 Å². The monoisotopic (exact) mass is 392 g/mol. The fourth-order valence-electron chi connectivity index (χ4n) is 3.39. The standard InChI is InChI=1S/C22H20N2O3S/c25-22(15-23-19-11-10-17-6-4-5-7-18(17)14-19)24(20-8-2-1-3-9-20)21-12-13-28(26,27)16-21/h1-14,21,23H,15-16H2/t21-/m0/s1. The molecule has 0 unspecified atom stereocenters. The highest BCUT2D eigenvalue weighted by Gasteiger charge is 2.31. The Kier molecular flexibility index (Phi) is 4.88. The van der Waals surface area contributed by atoms with E-state index in [4.69, 9.17) is 0 Å². The minimum atomic E-state index is -3.27. The molecule has 0 aromatic heterocycles. The Balaban J connectivity index is 1.54. The third-order valence-electron chi connectivity index (χ3n) is 4.74. The Hall–Kier alpha value is -3.12. The van der Waals surface area contributed by atoms with Gasteiger partial charge in [-0.15, -0.1) is 0 Å². The number of para-hydroxylation sites is 1. The molecule has 3 aromatic carbocycles. The number of nitrogens with zero attached hydrogens (tertiary/aromatic N) is 1. The maximum absolute atomic E-state index is 13.0. The number of benzene rings is 3. The molecule has 0 fully saturated rings. The zero-order valence-corrected chi connectivity index (χ0v) is 16.0. The van der Waals surface area contributed by atoms with E-state index in [0.29, 0.717) is 5.69 Å². The summed E-state index contributed by atoms with van der Waals surface area (Å²) in [5.74, 6) is -0.282. The molecule has 0 spiro atoms. The van der Waals surface area contributed by atoms with Gasteiger partial charge in [0.1, 0.15) is 0 Å². The molecule has 0 bridgehead atoms. The number of anilines is 2. The van der Waals surface area contributed by atoms with Gasteiger partial charge in [-0.3, -0.25) is 4.79 Å².